The molecule has 28 heavy (non-hydrogen) atoms. The SMILES string of the molecule is COc1ccc2c(CN(C)Cc3ccccc3OC(F)(F)F)cc(=O)oc2c1. The lowest BCUT2D eigenvalue weighted by atomic mass is 10.1. The van der Waals surface area contributed by atoms with Crippen LogP contribution in [0.5, 0.6) is 11.5 Å². The Balaban J connectivity index is 1.85. The van der Waals surface area contributed by atoms with Crippen LogP contribution in [0.4, 0.5) is 13.2 Å². The molecule has 0 bridgehead atoms. The fourth-order valence-electron chi connectivity index (χ4n) is 2.96. The van der Waals surface area contributed by atoms with Gasteiger partial charge in [0.05, 0.1) is 7.11 Å². The first-order valence-electron chi connectivity index (χ1n) is 8.38. The molecule has 0 radical (unpaired) electrons. The van der Waals surface area contributed by atoms with Crippen molar-refractivity contribution in [3.8, 4) is 11.5 Å². The van der Waals surface area contributed by atoms with E-state index in [-0.39, 0.29) is 12.3 Å². The molecule has 0 unspecified atom stereocenters. The number of methoxy groups -OCH3 is 1. The third-order valence-corrected chi connectivity index (χ3v) is 4.12. The van der Waals surface area contributed by atoms with E-state index in [1.54, 1.807) is 42.3 Å². The number of benzene rings is 2. The topological polar surface area (TPSA) is 51.9 Å². The number of hydrogen-bond donors (Lipinski definition) is 0. The molecule has 2 aromatic carbocycles. The van der Waals surface area contributed by atoms with Gasteiger partial charge in [0.15, 0.2) is 0 Å². The summed E-state index contributed by atoms with van der Waals surface area (Å²) in [6.07, 6.45) is -4.76. The van der Waals surface area contributed by atoms with Crippen molar-refractivity contribution < 1.29 is 27.1 Å². The second-order valence-corrected chi connectivity index (χ2v) is 6.28. The lowest BCUT2D eigenvalue weighted by Crippen LogP contribution is -2.21. The van der Waals surface area contributed by atoms with Crippen molar-refractivity contribution in [3.05, 3.63) is 70.1 Å². The van der Waals surface area contributed by atoms with Gasteiger partial charge < -0.3 is 13.9 Å². The van der Waals surface area contributed by atoms with Crippen LogP contribution in [0.1, 0.15) is 11.1 Å². The first-order chi connectivity index (χ1) is 13.2. The molecule has 0 aliphatic heterocycles. The minimum atomic E-state index is -4.76. The maximum atomic E-state index is 12.6. The summed E-state index contributed by atoms with van der Waals surface area (Å²) in [7, 11) is 3.26. The number of nitrogens with zero attached hydrogens (tertiary/aromatic N) is 1. The summed E-state index contributed by atoms with van der Waals surface area (Å²) in [4.78, 5) is 13.7. The first kappa shape index (κ1) is 19.8. The maximum absolute atomic E-state index is 12.6. The van der Waals surface area contributed by atoms with Gasteiger partial charge in [-0.3, -0.25) is 4.90 Å². The van der Waals surface area contributed by atoms with E-state index in [4.69, 9.17) is 9.15 Å². The van der Waals surface area contributed by atoms with Crippen LogP contribution >= 0.6 is 0 Å². The van der Waals surface area contributed by atoms with Crippen molar-refractivity contribution in [3.63, 3.8) is 0 Å². The van der Waals surface area contributed by atoms with Gasteiger partial charge in [-0.25, -0.2) is 4.79 Å². The molecule has 0 aliphatic carbocycles. The molecule has 8 heteroatoms. The number of alkyl halides is 3. The highest BCUT2D eigenvalue weighted by molar-refractivity contribution is 5.81. The summed E-state index contributed by atoms with van der Waals surface area (Å²) >= 11 is 0. The van der Waals surface area contributed by atoms with Crippen LogP contribution in [-0.2, 0) is 13.1 Å². The third-order valence-electron chi connectivity index (χ3n) is 4.12. The van der Waals surface area contributed by atoms with E-state index in [0.29, 0.717) is 29.0 Å². The Hall–Kier alpha value is -3.00. The smallest absolute Gasteiger partial charge is 0.497 e. The molecule has 0 saturated heterocycles. The summed E-state index contributed by atoms with van der Waals surface area (Å²) in [5.41, 5.74) is 0.961. The van der Waals surface area contributed by atoms with E-state index in [9.17, 15) is 18.0 Å². The van der Waals surface area contributed by atoms with Gasteiger partial charge >= 0.3 is 12.0 Å². The van der Waals surface area contributed by atoms with E-state index in [1.165, 1.54) is 25.3 Å². The largest absolute Gasteiger partial charge is 0.573 e. The Morgan fingerprint density at radius 2 is 1.75 bits per heavy atom. The molecule has 5 nitrogen and oxygen atoms in total. The van der Waals surface area contributed by atoms with E-state index >= 15 is 0 Å². The van der Waals surface area contributed by atoms with Crippen molar-refractivity contribution in [1.82, 2.24) is 4.90 Å². The molecule has 3 rings (SSSR count). The number of para-hydroxylation sites is 1. The first-order valence-corrected chi connectivity index (χ1v) is 8.38. The van der Waals surface area contributed by atoms with Crippen molar-refractivity contribution in [2.24, 2.45) is 0 Å². The zero-order valence-corrected chi connectivity index (χ0v) is 15.2. The van der Waals surface area contributed by atoms with Crippen LogP contribution in [0.25, 0.3) is 11.0 Å². The monoisotopic (exact) mass is 393 g/mol. The molecule has 0 fully saturated rings. The molecule has 3 aromatic rings. The molecule has 0 N–H and O–H groups in total. The summed E-state index contributed by atoms with van der Waals surface area (Å²) in [5, 5.41) is 0.729. The lowest BCUT2D eigenvalue weighted by Gasteiger charge is -2.20. The second kappa shape index (κ2) is 7.93. The highest BCUT2D eigenvalue weighted by Crippen LogP contribution is 2.28. The van der Waals surface area contributed by atoms with Crippen molar-refractivity contribution in [2.45, 2.75) is 19.5 Å². The van der Waals surface area contributed by atoms with Crippen molar-refractivity contribution >= 4 is 11.0 Å². The molecule has 1 aromatic heterocycles. The number of ether oxygens (including phenoxy) is 2. The van der Waals surface area contributed by atoms with E-state index < -0.39 is 12.0 Å². The fraction of sp³-hybridized carbons (Fsp3) is 0.250. The number of halogens is 3. The Bertz CT molecular complexity index is 1030. The predicted molar refractivity (Wildman–Crippen MR) is 97.3 cm³/mol. The van der Waals surface area contributed by atoms with Crippen LogP contribution < -0.4 is 15.1 Å². The van der Waals surface area contributed by atoms with E-state index in [1.807, 2.05) is 0 Å². The van der Waals surface area contributed by atoms with E-state index in [2.05, 4.69) is 4.74 Å². The van der Waals surface area contributed by atoms with Crippen LogP contribution in [-0.4, -0.2) is 25.4 Å². The van der Waals surface area contributed by atoms with Crippen LogP contribution in [0.2, 0.25) is 0 Å². The maximum Gasteiger partial charge on any atom is 0.573 e. The second-order valence-electron chi connectivity index (χ2n) is 6.28. The molecule has 148 valence electrons. The standard InChI is InChI=1S/C20H18F3NO4/c1-24(11-13-5-3-4-6-17(13)28-20(21,22)23)12-14-9-19(25)27-18-10-15(26-2)7-8-16(14)18/h3-10H,11-12H2,1-2H3. The highest BCUT2D eigenvalue weighted by atomic mass is 19.4. The minimum Gasteiger partial charge on any atom is -0.497 e. The van der Waals surface area contributed by atoms with Gasteiger partial charge in [-0.2, -0.15) is 0 Å². The van der Waals surface area contributed by atoms with Crippen molar-refractivity contribution in [2.75, 3.05) is 14.2 Å². The third kappa shape index (κ3) is 4.83. The summed E-state index contributed by atoms with van der Waals surface area (Å²) in [6.45, 7) is 0.527. The lowest BCUT2D eigenvalue weighted by molar-refractivity contribution is -0.275. The van der Waals surface area contributed by atoms with E-state index in [0.717, 1.165) is 5.39 Å². The molecule has 1 heterocycles. The Morgan fingerprint density at radius 3 is 2.46 bits per heavy atom. The van der Waals surface area contributed by atoms with Crippen molar-refractivity contribution in [1.29, 1.82) is 0 Å². The highest BCUT2D eigenvalue weighted by Gasteiger charge is 2.32. The molecule has 0 spiro atoms. The van der Waals surface area contributed by atoms with Gasteiger partial charge in [0.1, 0.15) is 17.1 Å². The Kier molecular flexibility index (Phi) is 5.60. The summed E-state index contributed by atoms with van der Waals surface area (Å²) in [6, 6.07) is 12.5. The number of rotatable bonds is 6. The summed E-state index contributed by atoms with van der Waals surface area (Å²) in [5.74, 6) is 0.309. The fourth-order valence-corrected chi connectivity index (χ4v) is 2.96. The Labute approximate surface area is 158 Å². The average molecular weight is 393 g/mol. The normalized spacial score (nSPS) is 11.8. The minimum absolute atomic E-state index is 0.199. The predicted octanol–water partition coefficient (Wildman–Crippen LogP) is 4.33. The molecular weight excluding hydrogens is 375 g/mol. The van der Waals surface area contributed by atoms with Gasteiger partial charge in [-0.1, -0.05) is 18.2 Å². The molecule has 0 aliphatic rings. The quantitative estimate of drug-likeness (QED) is 0.584. The molecule has 0 saturated carbocycles. The van der Waals surface area contributed by atoms with Gasteiger partial charge in [0, 0.05) is 36.2 Å². The zero-order chi connectivity index (χ0) is 20.3. The summed E-state index contributed by atoms with van der Waals surface area (Å²) < 4.78 is 52.2. The van der Waals surface area contributed by atoms with Gasteiger partial charge in [0.25, 0.3) is 0 Å². The number of hydrogen-bond acceptors (Lipinski definition) is 5. The average Bonchev–Trinajstić information content (AvgIpc) is 2.61. The number of fused-ring (bicyclic) bond motifs is 1. The van der Waals surface area contributed by atoms with Crippen LogP contribution in [0.15, 0.2) is 57.7 Å². The van der Waals surface area contributed by atoms with Gasteiger partial charge in [-0.05, 0) is 30.8 Å². The molecule has 0 atom stereocenters. The zero-order valence-electron chi connectivity index (χ0n) is 15.2. The van der Waals surface area contributed by atoms with Crippen LogP contribution in [0, 0.1) is 0 Å². The van der Waals surface area contributed by atoms with Crippen LogP contribution in [0.3, 0.4) is 0 Å². The van der Waals surface area contributed by atoms with Gasteiger partial charge in [-0.15, -0.1) is 13.2 Å². The Morgan fingerprint density at radius 1 is 1.04 bits per heavy atom. The molecular formula is C20H18F3NO4. The molecule has 0 amide bonds. The van der Waals surface area contributed by atoms with Gasteiger partial charge in [0.2, 0.25) is 0 Å².